The normalized spacial score (nSPS) is 27.6. The number of carbonyl (C=O) groups excluding carboxylic acids is 16. The Balaban J connectivity index is 1.12. The van der Waals surface area contributed by atoms with Crippen molar-refractivity contribution in [3.05, 3.63) is 90.3 Å². The van der Waals surface area contributed by atoms with Gasteiger partial charge in [0.15, 0.2) is 0 Å². The average molecular weight is 1660 g/mol. The predicted molar refractivity (Wildman–Crippen MR) is 431 cm³/mol. The standard InChI is InChI=1S/C77H107N21O17S2/c1-36(2)21-50-66(104)83-31-61(101)85-39(7)64(102)87-51(22-37(3)4)71(109)95-62(38(5)6)75(113)92-53(24-43-29-82-49-18-13-11-16-47(43)49)68(106)94-57-34-117-116-33-56(72(110)86-40(8)65(103)88-52(23-42-28-81-48-17-12-10-15-46(42)48)67(105)90-54(69(107)89-50)26-45-30-80-35-84-45)93-70(108)55(27-60(79)100)91-74(112)59-25-44(78)32-98(59)76(114)58-19-14-20-97(58)77(115)63(41(9)99)96-73(57)111/h10-13,15-18,28-30,35-41,44,50-59,62-63,81-82,99H,14,19-27,31-34,78H2,1-9H3,(H2,79,100)(H,80,84)(H,83,104)(H,85,101)(H,86,110)(H,87,102)(H,88,103)(H,89,107)(H,90,105)(H,91,112)(H,92,113)(H,93,108)(H,94,106)(H,95,109)(H,96,111)/t39-,40-,41+,44-,50-,51-,52-,53-,54-,55-,56-,57-,58+,59-,62-,63-/m0/s1. The summed E-state index contributed by atoms with van der Waals surface area (Å²) in [5, 5.41) is 47.0. The first-order chi connectivity index (χ1) is 55.5. The van der Waals surface area contributed by atoms with Crippen molar-refractivity contribution >= 4 is 138 Å². The number of aromatic nitrogens is 4. The fourth-order valence-electron chi connectivity index (χ4n) is 14.4. The first-order valence-electron chi connectivity index (χ1n) is 39.1. The lowest BCUT2D eigenvalue weighted by Gasteiger charge is -2.34. The van der Waals surface area contributed by atoms with Crippen LogP contribution in [0.3, 0.4) is 0 Å². The Hall–Kier alpha value is -11.1. The Morgan fingerprint density at radius 1 is 0.513 bits per heavy atom. The van der Waals surface area contributed by atoms with Crippen LogP contribution >= 0.6 is 21.6 Å². The number of primary amides is 1. The molecule has 9 rings (SSSR count). The molecule has 16 amide bonds. The molecule has 0 aliphatic carbocycles. The minimum Gasteiger partial charge on any atom is -0.391 e. The van der Waals surface area contributed by atoms with Crippen LogP contribution in [0.4, 0.5) is 0 Å². The van der Waals surface area contributed by atoms with Crippen molar-refractivity contribution in [1.82, 2.24) is 98.9 Å². The van der Waals surface area contributed by atoms with E-state index in [9.17, 15) is 57.8 Å². The van der Waals surface area contributed by atoms with Crippen molar-refractivity contribution in [2.45, 2.75) is 217 Å². The number of benzene rings is 2. The lowest BCUT2D eigenvalue weighted by molar-refractivity contribution is -0.149. The topological polar surface area (TPSA) is 569 Å². The molecule has 16 atom stereocenters. The monoisotopic (exact) mass is 1660 g/mol. The summed E-state index contributed by atoms with van der Waals surface area (Å²) in [4.78, 5) is 250. The van der Waals surface area contributed by atoms with E-state index in [0.717, 1.165) is 31.4 Å². The molecule has 21 N–H and O–H groups in total. The highest BCUT2D eigenvalue weighted by Gasteiger charge is 2.48. The Bertz CT molecular complexity index is 4480. The summed E-state index contributed by atoms with van der Waals surface area (Å²) in [7, 11) is 1.64. The minimum atomic E-state index is -1.85. The molecule has 5 aromatic rings. The van der Waals surface area contributed by atoms with Gasteiger partial charge in [-0.25, -0.2) is 4.98 Å². The number of hydrogen-bond acceptors (Lipinski definition) is 21. The van der Waals surface area contributed by atoms with Gasteiger partial charge in [-0.3, -0.25) is 76.7 Å². The van der Waals surface area contributed by atoms with Gasteiger partial charge < -0.3 is 110 Å². The number of carbonyl (C=O) groups is 16. The van der Waals surface area contributed by atoms with Gasteiger partial charge in [0.1, 0.15) is 84.6 Å². The minimum absolute atomic E-state index is 0.00432. The SMILES string of the molecule is CC(C)C[C@@H]1NC(=O)[C@H](C)NC(=O)CNC(=O)[C@H](CC(C)C)NC(=O)[C@H](Cc2cnc[nH]2)NC(=O)[C@H](Cc2c[nH]c3ccccc23)NC(=O)[C@H](C)NC(=O)[C@@H]2CSSC[C@H](NC(=O)[C@H](Cc3c[nH]c4ccccc34)NC(=O)[C@H](C(C)C)NC1=O)C(=O)N[C@@H]([C@@H](C)O)C(=O)N1CCC[C@@H]1C(=O)N1C[C@@H](N)C[C@H]1C(=O)N[C@@H](CC(N)=O)C(=O)N2. The third-order valence-electron chi connectivity index (χ3n) is 20.6. The molecule has 7 heterocycles. The maximum atomic E-state index is 15.5. The molecule has 0 unspecified atom stereocenters. The molecule has 3 aromatic heterocycles. The van der Waals surface area contributed by atoms with Crippen LogP contribution in [0.15, 0.2) is 73.4 Å². The highest BCUT2D eigenvalue weighted by Crippen LogP contribution is 2.29. The number of amides is 16. The summed E-state index contributed by atoms with van der Waals surface area (Å²) in [5.41, 5.74) is 14.8. The molecule has 0 radical (unpaired) electrons. The van der Waals surface area contributed by atoms with E-state index in [1.54, 1.807) is 102 Å². The summed E-state index contributed by atoms with van der Waals surface area (Å²) in [6.07, 6.45) is 2.75. The Morgan fingerprint density at radius 2 is 0.991 bits per heavy atom. The number of fused-ring (bicyclic) bond motifs is 9. The fourth-order valence-corrected chi connectivity index (χ4v) is 16.7. The van der Waals surface area contributed by atoms with Gasteiger partial charge in [-0.1, -0.05) is 99.5 Å². The van der Waals surface area contributed by atoms with Crippen LogP contribution in [0.25, 0.3) is 21.8 Å². The number of rotatable bonds is 14. The molecule has 634 valence electrons. The lowest BCUT2D eigenvalue weighted by Crippen LogP contribution is -2.63. The van der Waals surface area contributed by atoms with Crippen molar-refractivity contribution in [2.75, 3.05) is 31.1 Å². The molecule has 2 bridgehead atoms. The molecule has 38 nitrogen and oxygen atoms in total. The van der Waals surface area contributed by atoms with Gasteiger partial charge in [0.25, 0.3) is 0 Å². The third-order valence-corrected chi connectivity index (χ3v) is 23.0. The quantitative estimate of drug-likeness (QED) is 0.0485. The fraction of sp³-hybridized carbons (Fsp3) is 0.545. The number of nitrogens with zero attached hydrogens (tertiary/aromatic N) is 3. The molecular weight excluding hydrogens is 1560 g/mol. The highest BCUT2D eigenvalue weighted by atomic mass is 33.1. The van der Waals surface area contributed by atoms with E-state index in [1.165, 1.54) is 33.3 Å². The molecule has 0 spiro atoms. The van der Waals surface area contributed by atoms with Gasteiger partial charge in [0.2, 0.25) is 94.5 Å². The number of imidazole rings is 1. The molecule has 0 saturated carbocycles. The van der Waals surface area contributed by atoms with E-state index in [-0.39, 0.29) is 76.3 Å². The number of hydrogen-bond donors (Lipinski definition) is 19. The van der Waals surface area contributed by atoms with Gasteiger partial charge in [0.05, 0.1) is 25.4 Å². The van der Waals surface area contributed by atoms with Gasteiger partial charge >= 0.3 is 0 Å². The first-order valence-corrected chi connectivity index (χ1v) is 41.6. The number of aliphatic hydroxyl groups is 1. The van der Waals surface area contributed by atoms with Crippen molar-refractivity contribution in [2.24, 2.45) is 29.2 Å². The van der Waals surface area contributed by atoms with Crippen molar-refractivity contribution < 1.29 is 81.8 Å². The van der Waals surface area contributed by atoms with E-state index in [4.69, 9.17) is 11.5 Å². The summed E-state index contributed by atoms with van der Waals surface area (Å²) < 4.78 is 0. The molecule has 4 fully saturated rings. The first kappa shape index (κ1) is 89.8. The molecule has 40 heteroatoms. The Kier molecular flexibility index (Phi) is 31.6. The smallest absolute Gasteiger partial charge is 0.248 e. The van der Waals surface area contributed by atoms with E-state index >= 15 is 24.0 Å². The van der Waals surface area contributed by atoms with Crippen LogP contribution < -0.4 is 80.6 Å². The van der Waals surface area contributed by atoms with Crippen LogP contribution in [0.1, 0.15) is 118 Å². The zero-order valence-electron chi connectivity index (χ0n) is 66.6. The summed E-state index contributed by atoms with van der Waals surface area (Å²) in [6.45, 7) is 13.1. The summed E-state index contributed by atoms with van der Waals surface area (Å²) in [6, 6.07) is -8.38. The number of H-pyrrole nitrogens is 3. The number of aromatic amines is 3. The van der Waals surface area contributed by atoms with Crippen molar-refractivity contribution in [1.29, 1.82) is 0 Å². The van der Waals surface area contributed by atoms with E-state index in [1.807, 2.05) is 0 Å². The van der Waals surface area contributed by atoms with E-state index < -0.39 is 222 Å². The van der Waals surface area contributed by atoms with Gasteiger partial charge in [-0.2, -0.15) is 0 Å². The van der Waals surface area contributed by atoms with Crippen molar-refractivity contribution in [3.63, 3.8) is 0 Å². The summed E-state index contributed by atoms with van der Waals surface area (Å²) in [5.74, 6) is -17.4. The maximum Gasteiger partial charge on any atom is 0.248 e. The second-order valence-corrected chi connectivity index (χ2v) is 33.8. The molecule has 4 aliphatic heterocycles. The second kappa shape index (κ2) is 41.1. The molecular formula is C77H107N21O17S2. The van der Waals surface area contributed by atoms with Crippen LogP contribution in [-0.4, -0.2) is 257 Å². The zero-order chi connectivity index (χ0) is 85.2. The summed E-state index contributed by atoms with van der Waals surface area (Å²) >= 11 is 0. The maximum absolute atomic E-state index is 15.5. The molecule has 2 aromatic carbocycles. The zero-order valence-corrected chi connectivity index (χ0v) is 68.2. The van der Waals surface area contributed by atoms with Gasteiger partial charge in [-0.05, 0) is 93.9 Å². The molecule has 4 saturated heterocycles. The van der Waals surface area contributed by atoms with E-state index in [0.29, 0.717) is 38.6 Å². The van der Waals surface area contributed by atoms with Gasteiger partial charge in [0, 0.05) is 96.0 Å². The Labute approximate surface area is 682 Å². The van der Waals surface area contributed by atoms with Crippen molar-refractivity contribution in [3.8, 4) is 0 Å². The average Bonchev–Trinajstić information content (AvgIpc) is 1.66. The van der Waals surface area contributed by atoms with Crippen LogP contribution in [0.2, 0.25) is 0 Å². The molecule has 117 heavy (non-hydrogen) atoms. The predicted octanol–water partition coefficient (Wildman–Crippen LogP) is -3.29. The number of nitrogens with one attached hydrogen (secondary N) is 16. The number of para-hydroxylation sites is 2. The second-order valence-electron chi connectivity index (χ2n) is 31.3. The molecule has 4 aliphatic rings. The van der Waals surface area contributed by atoms with E-state index in [2.05, 4.69) is 89.1 Å². The third kappa shape index (κ3) is 24.3. The highest BCUT2D eigenvalue weighted by molar-refractivity contribution is 8.76. The van der Waals surface area contributed by atoms with Crippen LogP contribution in [-0.2, 0) is 96.0 Å². The van der Waals surface area contributed by atoms with Crippen LogP contribution in [0.5, 0.6) is 0 Å². The lowest BCUT2D eigenvalue weighted by atomic mass is 9.98. The number of aliphatic hydroxyl groups excluding tert-OH is 1. The number of nitrogens with two attached hydrogens (primary N) is 2. The largest absolute Gasteiger partial charge is 0.391 e. The Morgan fingerprint density at radius 3 is 1.54 bits per heavy atom. The van der Waals surface area contributed by atoms with Crippen LogP contribution in [0, 0.1) is 17.8 Å². The van der Waals surface area contributed by atoms with Gasteiger partial charge in [-0.15, -0.1) is 0 Å².